The van der Waals surface area contributed by atoms with Crippen LogP contribution in [0.2, 0.25) is 0 Å². The first kappa shape index (κ1) is 17.7. The Bertz CT molecular complexity index is 1090. The van der Waals surface area contributed by atoms with Gasteiger partial charge in [0.2, 0.25) is 0 Å². The fourth-order valence-corrected chi connectivity index (χ4v) is 2.85. The summed E-state index contributed by atoms with van der Waals surface area (Å²) in [5.74, 6) is 0.685. The van der Waals surface area contributed by atoms with Gasteiger partial charge in [-0.05, 0) is 61.0 Å². The second-order valence-corrected chi connectivity index (χ2v) is 6.15. The molecule has 0 fully saturated rings. The van der Waals surface area contributed by atoms with Crippen LogP contribution in [0.25, 0.3) is 16.9 Å². The number of nitrogens with one attached hydrogen (secondary N) is 1. The lowest BCUT2D eigenvalue weighted by atomic mass is 10.1. The van der Waals surface area contributed by atoms with Crippen LogP contribution in [0.4, 0.5) is 0 Å². The van der Waals surface area contributed by atoms with Crippen LogP contribution in [-0.4, -0.2) is 32.5 Å². The van der Waals surface area contributed by atoms with Gasteiger partial charge in [-0.3, -0.25) is 4.79 Å². The number of fused-ring (bicyclic) bond motifs is 1. The van der Waals surface area contributed by atoms with Gasteiger partial charge in [0.05, 0.1) is 12.3 Å². The van der Waals surface area contributed by atoms with E-state index in [1.54, 1.807) is 23.0 Å². The van der Waals surface area contributed by atoms with E-state index < -0.39 is 0 Å². The van der Waals surface area contributed by atoms with Gasteiger partial charge in [0.15, 0.2) is 5.65 Å². The second-order valence-electron chi connectivity index (χ2n) is 6.15. The number of carbonyl (C=O) groups excluding carboxylic acids is 1. The average Bonchev–Trinajstić information content (AvgIpc) is 3.17. The molecule has 0 unspecified atom stereocenters. The van der Waals surface area contributed by atoms with Crippen LogP contribution in [0.3, 0.4) is 0 Å². The Morgan fingerprint density at radius 2 is 1.86 bits per heavy atom. The second kappa shape index (κ2) is 7.87. The standard InChI is InChI=1S/C21H19N5O2/c1-2-28-18-11-5-15(6-12-18)14-23-21(27)16-7-9-17(10-8-16)26-20-19(24-25-26)4-3-13-22-20/h3-13H,2,14H2,1H3,(H,23,27). The van der Waals surface area contributed by atoms with Crippen molar-refractivity contribution in [2.75, 3.05) is 6.61 Å². The third-order valence-corrected chi connectivity index (χ3v) is 4.27. The molecule has 2 aromatic heterocycles. The summed E-state index contributed by atoms with van der Waals surface area (Å²) in [6.07, 6.45) is 1.70. The number of carbonyl (C=O) groups is 1. The number of hydrogen-bond acceptors (Lipinski definition) is 5. The lowest BCUT2D eigenvalue weighted by Gasteiger charge is -2.08. The highest BCUT2D eigenvalue weighted by atomic mass is 16.5. The highest BCUT2D eigenvalue weighted by Gasteiger charge is 2.09. The third kappa shape index (κ3) is 3.68. The molecule has 28 heavy (non-hydrogen) atoms. The Hall–Kier alpha value is -3.74. The number of ether oxygens (including phenoxy) is 1. The van der Waals surface area contributed by atoms with Crippen molar-refractivity contribution in [3.05, 3.63) is 78.0 Å². The van der Waals surface area contributed by atoms with E-state index in [0.29, 0.717) is 24.4 Å². The average molecular weight is 373 g/mol. The normalized spacial score (nSPS) is 10.8. The summed E-state index contributed by atoms with van der Waals surface area (Å²) >= 11 is 0. The van der Waals surface area contributed by atoms with Crippen LogP contribution in [0, 0.1) is 0 Å². The molecule has 0 aliphatic rings. The monoisotopic (exact) mass is 373 g/mol. The summed E-state index contributed by atoms with van der Waals surface area (Å²) < 4.78 is 7.07. The summed E-state index contributed by atoms with van der Waals surface area (Å²) in [5, 5.41) is 11.1. The van der Waals surface area contributed by atoms with E-state index in [9.17, 15) is 4.79 Å². The molecule has 0 spiro atoms. The molecule has 4 aromatic rings. The van der Waals surface area contributed by atoms with Crippen molar-refractivity contribution in [1.82, 2.24) is 25.3 Å². The lowest BCUT2D eigenvalue weighted by molar-refractivity contribution is 0.0951. The minimum Gasteiger partial charge on any atom is -0.494 e. The van der Waals surface area contributed by atoms with Gasteiger partial charge in [0.25, 0.3) is 5.91 Å². The van der Waals surface area contributed by atoms with Crippen LogP contribution in [-0.2, 0) is 6.54 Å². The summed E-state index contributed by atoms with van der Waals surface area (Å²) in [4.78, 5) is 16.7. The topological polar surface area (TPSA) is 81.9 Å². The van der Waals surface area contributed by atoms with Crippen LogP contribution < -0.4 is 10.1 Å². The van der Waals surface area contributed by atoms with E-state index in [4.69, 9.17) is 4.74 Å². The molecule has 7 nitrogen and oxygen atoms in total. The van der Waals surface area contributed by atoms with E-state index >= 15 is 0 Å². The fraction of sp³-hybridized carbons (Fsp3) is 0.143. The molecule has 140 valence electrons. The number of aromatic nitrogens is 4. The Morgan fingerprint density at radius 3 is 2.61 bits per heavy atom. The van der Waals surface area contributed by atoms with Gasteiger partial charge in [-0.1, -0.05) is 17.3 Å². The fourth-order valence-electron chi connectivity index (χ4n) is 2.85. The largest absolute Gasteiger partial charge is 0.494 e. The molecule has 0 bridgehead atoms. The van der Waals surface area contributed by atoms with E-state index in [1.807, 2.05) is 55.5 Å². The number of rotatable bonds is 6. The van der Waals surface area contributed by atoms with Crippen molar-refractivity contribution < 1.29 is 9.53 Å². The Kier molecular flexibility index (Phi) is 4.97. The van der Waals surface area contributed by atoms with E-state index in [0.717, 1.165) is 22.5 Å². The first-order chi connectivity index (χ1) is 13.7. The minimum atomic E-state index is -0.137. The van der Waals surface area contributed by atoms with E-state index in [1.165, 1.54) is 0 Å². The maximum Gasteiger partial charge on any atom is 0.251 e. The Balaban J connectivity index is 1.42. The lowest BCUT2D eigenvalue weighted by Crippen LogP contribution is -2.22. The minimum absolute atomic E-state index is 0.137. The van der Waals surface area contributed by atoms with Crippen LogP contribution in [0.5, 0.6) is 5.75 Å². The molecule has 2 heterocycles. The van der Waals surface area contributed by atoms with Gasteiger partial charge in [0.1, 0.15) is 11.3 Å². The zero-order valence-corrected chi connectivity index (χ0v) is 15.4. The summed E-state index contributed by atoms with van der Waals surface area (Å²) in [6.45, 7) is 3.03. The molecule has 1 N–H and O–H groups in total. The number of benzene rings is 2. The molecule has 0 aliphatic heterocycles. The third-order valence-electron chi connectivity index (χ3n) is 4.27. The quantitative estimate of drug-likeness (QED) is 0.561. The molecule has 0 saturated heterocycles. The highest BCUT2D eigenvalue weighted by Crippen LogP contribution is 2.15. The maximum atomic E-state index is 12.4. The van der Waals surface area contributed by atoms with Gasteiger partial charge in [-0.25, -0.2) is 4.98 Å². The van der Waals surface area contributed by atoms with Crippen LogP contribution >= 0.6 is 0 Å². The van der Waals surface area contributed by atoms with Crippen molar-refractivity contribution in [3.8, 4) is 11.4 Å². The zero-order valence-electron chi connectivity index (χ0n) is 15.4. The number of nitrogens with zero attached hydrogens (tertiary/aromatic N) is 4. The highest BCUT2D eigenvalue weighted by molar-refractivity contribution is 5.94. The summed E-state index contributed by atoms with van der Waals surface area (Å²) in [5.41, 5.74) is 3.78. The van der Waals surface area contributed by atoms with Gasteiger partial charge in [0, 0.05) is 18.3 Å². The predicted octanol–water partition coefficient (Wildman–Crippen LogP) is 3.14. The van der Waals surface area contributed by atoms with E-state index in [2.05, 4.69) is 20.6 Å². The van der Waals surface area contributed by atoms with Crippen molar-refractivity contribution >= 4 is 17.1 Å². The summed E-state index contributed by atoms with van der Waals surface area (Å²) in [6, 6.07) is 18.5. The molecule has 0 saturated carbocycles. The van der Waals surface area contributed by atoms with Crippen molar-refractivity contribution in [1.29, 1.82) is 0 Å². The molecule has 0 radical (unpaired) electrons. The van der Waals surface area contributed by atoms with Gasteiger partial charge < -0.3 is 10.1 Å². The Morgan fingerprint density at radius 1 is 1.07 bits per heavy atom. The van der Waals surface area contributed by atoms with Crippen LogP contribution in [0.1, 0.15) is 22.8 Å². The van der Waals surface area contributed by atoms with Gasteiger partial charge in [-0.2, -0.15) is 4.68 Å². The summed E-state index contributed by atoms with van der Waals surface area (Å²) in [7, 11) is 0. The predicted molar refractivity (Wildman–Crippen MR) is 105 cm³/mol. The van der Waals surface area contributed by atoms with Crippen molar-refractivity contribution in [2.24, 2.45) is 0 Å². The van der Waals surface area contributed by atoms with Gasteiger partial charge >= 0.3 is 0 Å². The molecular weight excluding hydrogens is 354 g/mol. The Labute approximate surface area is 162 Å². The molecule has 0 atom stereocenters. The molecular formula is C21H19N5O2. The van der Waals surface area contributed by atoms with E-state index in [-0.39, 0.29) is 5.91 Å². The molecule has 7 heteroatoms. The molecule has 0 aliphatic carbocycles. The van der Waals surface area contributed by atoms with Crippen molar-refractivity contribution in [3.63, 3.8) is 0 Å². The molecule has 4 rings (SSSR count). The molecule has 1 amide bonds. The van der Waals surface area contributed by atoms with Crippen LogP contribution in [0.15, 0.2) is 66.9 Å². The number of pyridine rings is 1. The first-order valence-corrected chi connectivity index (χ1v) is 9.01. The number of hydrogen-bond donors (Lipinski definition) is 1. The first-order valence-electron chi connectivity index (χ1n) is 9.01. The maximum absolute atomic E-state index is 12.4. The molecule has 2 aromatic carbocycles. The SMILES string of the molecule is CCOc1ccc(CNC(=O)c2ccc(-n3nnc4cccnc43)cc2)cc1. The van der Waals surface area contributed by atoms with Crippen molar-refractivity contribution in [2.45, 2.75) is 13.5 Å². The van der Waals surface area contributed by atoms with Gasteiger partial charge in [-0.15, -0.1) is 5.10 Å². The number of amides is 1. The smallest absolute Gasteiger partial charge is 0.251 e. The zero-order chi connectivity index (χ0) is 19.3.